The van der Waals surface area contributed by atoms with E-state index in [4.69, 9.17) is 10.8 Å². The molecular weight excluding hydrogens is 152 g/mol. The summed E-state index contributed by atoms with van der Waals surface area (Å²) in [6, 6.07) is 0.518. The van der Waals surface area contributed by atoms with Crippen LogP contribution in [0.25, 0.3) is 0 Å². The molecule has 0 amide bonds. The molecule has 3 heteroatoms. The lowest BCUT2D eigenvalue weighted by atomic mass is 10.1. The maximum atomic E-state index is 8.84. The SMILES string of the molecule is CC(CO)CN(C)C(C)CCN. The summed E-state index contributed by atoms with van der Waals surface area (Å²) in [5.74, 6) is 0.357. The highest BCUT2D eigenvalue weighted by Gasteiger charge is 2.10. The van der Waals surface area contributed by atoms with Crippen molar-refractivity contribution in [1.82, 2.24) is 4.90 Å². The Bertz CT molecular complexity index is 109. The van der Waals surface area contributed by atoms with Gasteiger partial charge in [0.2, 0.25) is 0 Å². The predicted octanol–water partition coefficient (Wildman–Crippen LogP) is 0.284. The van der Waals surface area contributed by atoms with Crippen molar-refractivity contribution in [3.8, 4) is 0 Å². The molecule has 0 rings (SSSR count). The minimum absolute atomic E-state index is 0.264. The molecule has 0 bridgehead atoms. The van der Waals surface area contributed by atoms with Crippen molar-refractivity contribution < 1.29 is 5.11 Å². The molecule has 74 valence electrons. The Morgan fingerprint density at radius 1 is 1.42 bits per heavy atom. The second kappa shape index (κ2) is 6.40. The van der Waals surface area contributed by atoms with Crippen LogP contribution in [0.5, 0.6) is 0 Å². The van der Waals surface area contributed by atoms with E-state index in [9.17, 15) is 0 Å². The molecule has 0 aliphatic carbocycles. The molecule has 0 aromatic carbocycles. The third-order valence-electron chi connectivity index (χ3n) is 2.25. The molecule has 12 heavy (non-hydrogen) atoms. The second-order valence-electron chi connectivity index (χ2n) is 3.65. The number of nitrogens with zero attached hydrogens (tertiary/aromatic N) is 1. The van der Waals surface area contributed by atoms with E-state index in [1.165, 1.54) is 0 Å². The molecule has 2 unspecified atom stereocenters. The summed E-state index contributed by atoms with van der Waals surface area (Å²) >= 11 is 0. The zero-order chi connectivity index (χ0) is 9.56. The van der Waals surface area contributed by atoms with E-state index >= 15 is 0 Å². The van der Waals surface area contributed by atoms with E-state index in [1.807, 2.05) is 6.92 Å². The van der Waals surface area contributed by atoms with Crippen molar-refractivity contribution in [2.24, 2.45) is 11.7 Å². The van der Waals surface area contributed by atoms with Gasteiger partial charge >= 0.3 is 0 Å². The minimum Gasteiger partial charge on any atom is -0.396 e. The summed E-state index contributed by atoms with van der Waals surface area (Å²) < 4.78 is 0. The third kappa shape index (κ3) is 4.70. The molecule has 0 aromatic rings. The Labute approximate surface area is 75.6 Å². The Morgan fingerprint density at radius 2 is 2.00 bits per heavy atom. The highest BCUT2D eigenvalue weighted by molar-refractivity contribution is 4.66. The van der Waals surface area contributed by atoms with Gasteiger partial charge in [-0.25, -0.2) is 0 Å². The van der Waals surface area contributed by atoms with Crippen LogP contribution in [0.2, 0.25) is 0 Å². The van der Waals surface area contributed by atoms with Crippen LogP contribution in [-0.4, -0.2) is 42.8 Å². The molecule has 0 radical (unpaired) electrons. The zero-order valence-electron chi connectivity index (χ0n) is 8.45. The average Bonchev–Trinajstić information content (AvgIpc) is 2.04. The molecule has 3 N–H and O–H groups in total. The van der Waals surface area contributed by atoms with E-state index in [-0.39, 0.29) is 6.61 Å². The smallest absolute Gasteiger partial charge is 0.0468 e. The molecule has 0 aromatic heterocycles. The maximum absolute atomic E-state index is 8.84. The number of rotatable bonds is 6. The normalized spacial score (nSPS) is 16.5. The first-order valence-electron chi connectivity index (χ1n) is 4.63. The van der Waals surface area contributed by atoms with Crippen LogP contribution in [-0.2, 0) is 0 Å². The van der Waals surface area contributed by atoms with Crippen molar-refractivity contribution in [2.75, 3.05) is 26.7 Å². The summed E-state index contributed by atoms with van der Waals surface area (Å²) in [7, 11) is 2.08. The second-order valence-corrected chi connectivity index (χ2v) is 3.65. The van der Waals surface area contributed by atoms with E-state index in [0.29, 0.717) is 12.0 Å². The first kappa shape index (κ1) is 11.9. The number of nitrogens with two attached hydrogens (primary N) is 1. The van der Waals surface area contributed by atoms with Gasteiger partial charge in [0.15, 0.2) is 0 Å². The quantitative estimate of drug-likeness (QED) is 0.608. The van der Waals surface area contributed by atoms with Crippen LogP contribution < -0.4 is 5.73 Å². The molecule has 0 saturated heterocycles. The Balaban J connectivity index is 3.62. The Morgan fingerprint density at radius 3 is 2.42 bits per heavy atom. The first-order valence-corrected chi connectivity index (χ1v) is 4.63. The number of aliphatic hydroxyl groups excluding tert-OH is 1. The maximum Gasteiger partial charge on any atom is 0.0468 e. The van der Waals surface area contributed by atoms with Crippen molar-refractivity contribution in [3.63, 3.8) is 0 Å². The molecule has 0 saturated carbocycles. The van der Waals surface area contributed by atoms with Crippen LogP contribution in [0.4, 0.5) is 0 Å². The molecule has 0 fully saturated rings. The van der Waals surface area contributed by atoms with Crippen molar-refractivity contribution in [3.05, 3.63) is 0 Å². The van der Waals surface area contributed by atoms with E-state index < -0.39 is 0 Å². The van der Waals surface area contributed by atoms with Gasteiger partial charge in [0.05, 0.1) is 0 Å². The summed E-state index contributed by atoms with van der Waals surface area (Å²) in [5, 5.41) is 8.84. The highest BCUT2D eigenvalue weighted by atomic mass is 16.3. The van der Waals surface area contributed by atoms with E-state index in [1.54, 1.807) is 0 Å². The summed E-state index contributed by atoms with van der Waals surface area (Å²) in [4.78, 5) is 2.24. The molecule has 0 aliphatic heterocycles. The summed E-state index contributed by atoms with van der Waals surface area (Å²) in [5.41, 5.74) is 5.45. The van der Waals surface area contributed by atoms with Crippen molar-refractivity contribution in [2.45, 2.75) is 26.3 Å². The highest BCUT2D eigenvalue weighted by Crippen LogP contribution is 2.03. The van der Waals surface area contributed by atoms with Crippen LogP contribution in [0.15, 0.2) is 0 Å². The molecule has 3 nitrogen and oxygen atoms in total. The van der Waals surface area contributed by atoms with Gasteiger partial charge < -0.3 is 15.7 Å². The average molecular weight is 174 g/mol. The van der Waals surface area contributed by atoms with Crippen molar-refractivity contribution in [1.29, 1.82) is 0 Å². The number of hydrogen-bond acceptors (Lipinski definition) is 3. The molecule has 0 spiro atoms. The lowest BCUT2D eigenvalue weighted by Crippen LogP contribution is -2.35. The molecular formula is C9H22N2O. The van der Waals surface area contributed by atoms with Crippen LogP contribution >= 0.6 is 0 Å². The number of aliphatic hydroxyl groups is 1. The summed E-state index contributed by atoms with van der Waals surface area (Å²) in [6.07, 6.45) is 1.02. The first-order chi connectivity index (χ1) is 5.61. The lowest BCUT2D eigenvalue weighted by molar-refractivity contribution is 0.164. The minimum atomic E-state index is 0.264. The monoisotopic (exact) mass is 174 g/mol. The van der Waals surface area contributed by atoms with Gasteiger partial charge in [-0.1, -0.05) is 6.92 Å². The summed E-state index contributed by atoms with van der Waals surface area (Å²) in [6.45, 7) is 6.15. The van der Waals surface area contributed by atoms with E-state index in [2.05, 4.69) is 18.9 Å². The predicted molar refractivity (Wildman–Crippen MR) is 52.0 cm³/mol. The van der Waals surface area contributed by atoms with Gasteiger partial charge in [-0.2, -0.15) is 0 Å². The van der Waals surface area contributed by atoms with Gasteiger partial charge in [0.25, 0.3) is 0 Å². The lowest BCUT2D eigenvalue weighted by Gasteiger charge is -2.26. The standard InChI is InChI=1S/C9H22N2O/c1-8(7-12)6-11(3)9(2)4-5-10/h8-9,12H,4-7,10H2,1-3H3. The molecule has 0 heterocycles. The largest absolute Gasteiger partial charge is 0.396 e. The van der Waals surface area contributed by atoms with Gasteiger partial charge in [0.1, 0.15) is 0 Å². The van der Waals surface area contributed by atoms with E-state index in [0.717, 1.165) is 19.5 Å². The third-order valence-corrected chi connectivity index (χ3v) is 2.25. The van der Waals surface area contributed by atoms with Gasteiger partial charge in [-0.3, -0.25) is 0 Å². The zero-order valence-corrected chi connectivity index (χ0v) is 8.45. The van der Waals surface area contributed by atoms with Crippen molar-refractivity contribution >= 4 is 0 Å². The van der Waals surface area contributed by atoms with Gasteiger partial charge in [-0.15, -0.1) is 0 Å². The van der Waals surface area contributed by atoms with Crippen LogP contribution in [0.1, 0.15) is 20.3 Å². The fraction of sp³-hybridized carbons (Fsp3) is 1.00. The Kier molecular flexibility index (Phi) is 6.34. The molecule has 2 atom stereocenters. The van der Waals surface area contributed by atoms with Crippen LogP contribution in [0.3, 0.4) is 0 Å². The topological polar surface area (TPSA) is 49.5 Å². The number of hydrogen-bond donors (Lipinski definition) is 2. The fourth-order valence-electron chi connectivity index (χ4n) is 1.19. The van der Waals surface area contributed by atoms with Gasteiger partial charge in [-0.05, 0) is 32.9 Å². The van der Waals surface area contributed by atoms with Crippen LogP contribution in [0, 0.1) is 5.92 Å². The Hall–Kier alpha value is -0.120. The molecule has 0 aliphatic rings. The van der Waals surface area contributed by atoms with Gasteiger partial charge in [0, 0.05) is 19.2 Å². The fourth-order valence-corrected chi connectivity index (χ4v) is 1.19.